The molecule has 88 valence electrons. The number of ether oxygens (including phenoxy) is 1. The van der Waals surface area contributed by atoms with Gasteiger partial charge in [0.25, 0.3) is 0 Å². The maximum absolute atomic E-state index is 5.97. The molecular formula is C15H15ClO. The highest BCUT2D eigenvalue weighted by Crippen LogP contribution is 2.22. The van der Waals surface area contributed by atoms with E-state index >= 15 is 0 Å². The van der Waals surface area contributed by atoms with Gasteiger partial charge < -0.3 is 4.74 Å². The van der Waals surface area contributed by atoms with Crippen molar-refractivity contribution in [2.45, 2.75) is 20.5 Å². The number of hydrogen-bond donors (Lipinski definition) is 0. The molecule has 0 aromatic heterocycles. The fourth-order valence-corrected chi connectivity index (χ4v) is 1.76. The molecule has 0 radical (unpaired) electrons. The summed E-state index contributed by atoms with van der Waals surface area (Å²) in [7, 11) is 0. The van der Waals surface area contributed by atoms with Crippen LogP contribution in [0, 0.1) is 13.8 Å². The molecule has 2 rings (SSSR count). The van der Waals surface area contributed by atoms with Crippen LogP contribution in [-0.2, 0) is 6.61 Å². The number of aryl methyl sites for hydroxylation is 2. The first-order valence-corrected chi connectivity index (χ1v) is 5.98. The zero-order valence-corrected chi connectivity index (χ0v) is 10.8. The van der Waals surface area contributed by atoms with Gasteiger partial charge >= 0.3 is 0 Å². The molecule has 2 aromatic carbocycles. The molecule has 0 atom stereocenters. The molecule has 17 heavy (non-hydrogen) atoms. The van der Waals surface area contributed by atoms with Crippen molar-refractivity contribution in [3.8, 4) is 5.75 Å². The molecule has 0 aliphatic heterocycles. The second kappa shape index (κ2) is 5.24. The van der Waals surface area contributed by atoms with E-state index in [0.717, 1.165) is 16.3 Å². The highest BCUT2D eigenvalue weighted by Gasteiger charge is 2.01. The van der Waals surface area contributed by atoms with Crippen molar-refractivity contribution in [1.82, 2.24) is 0 Å². The largest absolute Gasteiger partial charge is 0.489 e. The quantitative estimate of drug-likeness (QED) is 0.773. The van der Waals surface area contributed by atoms with E-state index in [4.69, 9.17) is 16.3 Å². The van der Waals surface area contributed by atoms with Gasteiger partial charge in [-0.2, -0.15) is 0 Å². The lowest BCUT2D eigenvalue weighted by molar-refractivity contribution is 0.305. The molecule has 2 heteroatoms. The van der Waals surface area contributed by atoms with Crippen LogP contribution in [0.2, 0.25) is 5.02 Å². The fourth-order valence-electron chi connectivity index (χ4n) is 1.64. The zero-order chi connectivity index (χ0) is 12.3. The van der Waals surface area contributed by atoms with Crippen molar-refractivity contribution >= 4 is 11.6 Å². The van der Waals surface area contributed by atoms with Crippen molar-refractivity contribution in [2.75, 3.05) is 0 Å². The van der Waals surface area contributed by atoms with Gasteiger partial charge in [0.1, 0.15) is 12.4 Å². The Kier molecular flexibility index (Phi) is 3.70. The highest BCUT2D eigenvalue weighted by molar-refractivity contribution is 6.31. The summed E-state index contributed by atoms with van der Waals surface area (Å²) >= 11 is 5.97. The Hall–Kier alpha value is -1.47. The Morgan fingerprint density at radius 2 is 1.76 bits per heavy atom. The number of halogens is 1. The lowest BCUT2D eigenvalue weighted by Gasteiger charge is -2.09. The summed E-state index contributed by atoms with van der Waals surface area (Å²) in [5, 5.41) is 0.772. The molecule has 0 spiro atoms. The van der Waals surface area contributed by atoms with E-state index in [1.807, 2.05) is 37.3 Å². The molecule has 0 amide bonds. The van der Waals surface area contributed by atoms with Crippen molar-refractivity contribution in [3.63, 3.8) is 0 Å². The number of hydrogen-bond acceptors (Lipinski definition) is 1. The van der Waals surface area contributed by atoms with E-state index in [9.17, 15) is 0 Å². The minimum atomic E-state index is 0.591. The summed E-state index contributed by atoms with van der Waals surface area (Å²) in [6.07, 6.45) is 0. The topological polar surface area (TPSA) is 9.23 Å². The second-order valence-electron chi connectivity index (χ2n) is 4.13. The van der Waals surface area contributed by atoms with Gasteiger partial charge in [0.15, 0.2) is 0 Å². The Morgan fingerprint density at radius 1 is 1.00 bits per heavy atom. The summed E-state index contributed by atoms with van der Waals surface area (Å²) < 4.78 is 5.75. The second-order valence-corrected chi connectivity index (χ2v) is 4.53. The van der Waals surface area contributed by atoms with Gasteiger partial charge in [-0.1, -0.05) is 35.9 Å². The van der Waals surface area contributed by atoms with Crippen LogP contribution in [0.15, 0.2) is 42.5 Å². The molecule has 0 bridgehead atoms. The van der Waals surface area contributed by atoms with Gasteiger partial charge in [0.05, 0.1) is 0 Å². The van der Waals surface area contributed by atoms with Crippen molar-refractivity contribution in [2.24, 2.45) is 0 Å². The molecule has 0 unspecified atom stereocenters. The maximum Gasteiger partial charge on any atom is 0.120 e. The van der Waals surface area contributed by atoms with E-state index in [0.29, 0.717) is 6.61 Å². The van der Waals surface area contributed by atoms with Crippen LogP contribution in [-0.4, -0.2) is 0 Å². The monoisotopic (exact) mass is 246 g/mol. The molecule has 2 aromatic rings. The van der Waals surface area contributed by atoms with Gasteiger partial charge in [0.2, 0.25) is 0 Å². The first-order chi connectivity index (χ1) is 8.16. The van der Waals surface area contributed by atoms with Gasteiger partial charge in [-0.05, 0) is 48.7 Å². The molecular weight excluding hydrogens is 232 g/mol. The molecule has 0 fully saturated rings. The molecule has 0 aliphatic carbocycles. The van der Waals surface area contributed by atoms with E-state index in [-0.39, 0.29) is 0 Å². The predicted octanol–water partition coefficient (Wildman–Crippen LogP) is 4.54. The molecule has 0 heterocycles. The van der Waals surface area contributed by atoms with Gasteiger partial charge in [-0.15, -0.1) is 0 Å². The van der Waals surface area contributed by atoms with Crippen LogP contribution in [0.5, 0.6) is 5.75 Å². The summed E-state index contributed by atoms with van der Waals surface area (Å²) in [4.78, 5) is 0. The Balaban J connectivity index is 2.08. The number of benzene rings is 2. The van der Waals surface area contributed by atoms with Crippen LogP contribution in [0.1, 0.15) is 16.7 Å². The first kappa shape index (κ1) is 12.0. The lowest BCUT2D eigenvalue weighted by atomic mass is 10.1. The molecule has 1 nitrogen and oxygen atoms in total. The summed E-state index contributed by atoms with van der Waals surface area (Å²) in [5.41, 5.74) is 3.49. The van der Waals surface area contributed by atoms with Crippen molar-refractivity contribution in [3.05, 3.63) is 64.2 Å². The lowest BCUT2D eigenvalue weighted by Crippen LogP contribution is -1.97. The molecule has 0 aliphatic rings. The normalized spacial score (nSPS) is 10.3. The SMILES string of the molecule is Cc1cc(OCc2ccccc2C)ccc1Cl. The minimum Gasteiger partial charge on any atom is -0.489 e. The number of rotatable bonds is 3. The summed E-state index contributed by atoms with van der Waals surface area (Å²) in [6, 6.07) is 14.0. The molecule has 0 saturated heterocycles. The van der Waals surface area contributed by atoms with Crippen LogP contribution in [0.3, 0.4) is 0 Å². The zero-order valence-electron chi connectivity index (χ0n) is 10.0. The highest BCUT2D eigenvalue weighted by atomic mass is 35.5. The Labute approximate surface area is 107 Å². The van der Waals surface area contributed by atoms with Crippen molar-refractivity contribution < 1.29 is 4.74 Å². The average Bonchev–Trinajstić information content (AvgIpc) is 2.32. The Morgan fingerprint density at radius 3 is 2.47 bits per heavy atom. The third-order valence-corrected chi connectivity index (χ3v) is 3.21. The summed E-state index contributed by atoms with van der Waals surface area (Å²) in [5.74, 6) is 0.857. The van der Waals surface area contributed by atoms with Crippen LogP contribution in [0.4, 0.5) is 0 Å². The van der Waals surface area contributed by atoms with Gasteiger partial charge in [0, 0.05) is 5.02 Å². The first-order valence-electron chi connectivity index (χ1n) is 5.60. The summed E-state index contributed by atoms with van der Waals surface area (Å²) in [6.45, 7) is 4.66. The smallest absolute Gasteiger partial charge is 0.120 e. The van der Waals surface area contributed by atoms with Crippen LogP contribution < -0.4 is 4.74 Å². The third kappa shape index (κ3) is 3.01. The van der Waals surface area contributed by atoms with E-state index in [2.05, 4.69) is 19.1 Å². The van der Waals surface area contributed by atoms with E-state index in [1.54, 1.807) is 0 Å². The van der Waals surface area contributed by atoms with Crippen LogP contribution >= 0.6 is 11.6 Å². The maximum atomic E-state index is 5.97. The van der Waals surface area contributed by atoms with Crippen LogP contribution in [0.25, 0.3) is 0 Å². The van der Waals surface area contributed by atoms with E-state index in [1.165, 1.54) is 11.1 Å². The predicted molar refractivity (Wildman–Crippen MR) is 71.7 cm³/mol. The average molecular weight is 247 g/mol. The molecule has 0 saturated carbocycles. The van der Waals surface area contributed by atoms with Gasteiger partial charge in [-0.3, -0.25) is 0 Å². The Bertz CT molecular complexity index is 520. The standard InChI is InChI=1S/C15H15ClO/c1-11-5-3-4-6-13(11)10-17-14-7-8-15(16)12(2)9-14/h3-9H,10H2,1-2H3. The molecule has 0 N–H and O–H groups in total. The van der Waals surface area contributed by atoms with E-state index < -0.39 is 0 Å². The minimum absolute atomic E-state index is 0.591. The fraction of sp³-hybridized carbons (Fsp3) is 0.200. The van der Waals surface area contributed by atoms with Crippen molar-refractivity contribution in [1.29, 1.82) is 0 Å². The third-order valence-electron chi connectivity index (χ3n) is 2.79. The van der Waals surface area contributed by atoms with Gasteiger partial charge in [-0.25, -0.2) is 0 Å².